The molecule has 0 fully saturated rings. The van der Waals surface area contributed by atoms with Crippen LogP contribution in [0.25, 0.3) is 5.69 Å². The highest BCUT2D eigenvalue weighted by molar-refractivity contribution is 6.30. The van der Waals surface area contributed by atoms with E-state index in [1.165, 1.54) is 0 Å². The van der Waals surface area contributed by atoms with Crippen LogP contribution in [-0.4, -0.2) is 21.2 Å². The maximum Gasteiger partial charge on any atom is 0.255 e. The standard InChI is InChI=1S/C15H18ClN3O/c1-10-13(14(20)18-15(2,3)4)9-17-19(10)12-7-5-6-11(16)8-12/h5-9H,1-4H3,(H,18,20). The van der Waals surface area contributed by atoms with E-state index in [-0.39, 0.29) is 11.4 Å². The van der Waals surface area contributed by atoms with Crippen molar-refractivity contribution in [2.45, 2.75) is 33.2 Å². The summed E-state index contributed by atoms with van der Waals surface area (Å²) in [5.74, 6) is -0.122. The van der Waals surface area contributed by atoms with E-state index in [9.17, 15) is 4.79 Å². The summed E-state index contributed by atoms with van der Waals surface area (Å²) in [4.78, 5) is 12.2. The number of benzene rings is 1. The monoisotopic (exact) mass is 291 g/mol. The zero-order valence-electron chi connectivity index (χ0n) is 12.1. The molecule has 0 saturated heterocycles. The number of rotatable bonds is 2. The van der Waals surface area contributed by atoms with Crippen LogP contribution in [-0.2, 0) is 0 Å². The van der Waals surface area contributed by atoms with Crippen molar-refractivity contribution in [3.8, 4) is 5.69 Å². The van der Waals surface area contributed by atoms with Crippen LogP contribution >= 0.6 is 11.6 Å². The number of aromatic nitrogens is 2. The lowest BCUT2D eigenvalue weighted by Gasteiger charge is -2.20. The summed E-state index contributed by atoms with van der Waals surface area (Å²) >= 11 is 5.98. The molecule has 0 radical (unpaired) electrons. The zero-order chi connectivity index (χ0) is 14.9. The quantitative estimate of drug-likeness (QED) is 0.922. The van der Waals surface area contributed by atoms with Gasteiger partial charge >= 0.3 is 0 Å². The Bertz CT molecular complexity index is 641. The van der Waals surface area contributed by atoms with Gasteiger partial charge in [0.15, 0.2) is 0 Å². The van der Waals surface area contributed by atoms with Gasteiger partial charge in [0.05, 0.1) is 23.1 Å². The molecule has 0 atom stereocenters. The number of nitrogens with one attached hydrogen (secondary N) is 1. The third-order valence-electron chi connectivity index (χ3n) is 2.80. The molecule has 1 amide bonds. The van der Waals surface area contributed by atoms with Gasteiger partial charge in [0, 0.05) is 10.6 Å². The van der Waals surface area contributed by atoms with E-state index < -0.39 is 0 Å². The Morgan fingerprint density at radius 1 is 1.35 bits per heavy atom. The molecule has 1 aromatic carbocycles. The van der Waals surface area contributed by atoms with E-state index in [0.717, 1.165) is 11.4 Å². The highest BCUT2D eigenvalue weighted by Crippen LogP contribution is 2.18. The van der Waals surface area contributed by atoms with E-state index >= 15 is 0 Å². The molecule has 1 aromatic heterocycles. The number of nitrogens with zero attached hydrogens (tertiary/aromatic N) is 2. The Balaban J connectivity index is 2.34. The van der Waals surface area contributed by atoms with E-state index in [1.54, 1.807) is 16.9 Å². The SMILES string of the molecule is Cc1c(C(=O)NC(C)(C)C)cnn1-c1cccc(Cl)c1. The predicted octanol–water partition coefficient (Wildman–Crippen LogP) is 3.36. The highest BCUT2D eigenvalue weighted by atomic mass is 35.5. The molecular formula is C15H18ClN3O. The number of amides is 1. The third kappa shape index (κ3) is 3.20. The fourth-order valence-corrected chi connectivity index (χ4v) is 2.09. The molecule has 5 heteroatoms. The smallest absolute Gasteiger partial charge is 0.255 e. The van der Waals surface area contributed by atoms with Crippen molar-refractivity contribution < 1.29 is 4.79 Å². The molecule has 0 aliphatic carbocycles. The van der Waals surface area contributed by atoms with Crippen molar-refractivity contribution in [2.24, 2.45) is 0 Å². The second-order valence-electron chi connectivity index (χ2n) is 5.74. The molecule has 0 aliphatic rings. The second kappa shape index (κ2) is 5.29. The van der Waals surface area contributed by atoms with E-state index in [4.69, 9.17) is 11.6 Å². The molecule has 4 nitrogen and oxygen atoms in total. The number of carbonyl (C=O) groups excluding carboxylic acids is 1. The Labute approximate surface area is 123 Å². The summed E-state index contributed by atoms with van der Waals surface area (Å²) in [5.41, 5.74) is 1.92. The number of carbonyl (C=O) groups is 1. The van der Waals surface area contributed by atoms with Crippen LogP contribution in [0.4, 0.5) is 0 Å². The average Bonchev–Trinajstić information content (AvgIpc) is 2.69. The molecular weight excluding hydrogens is 274 g/mol. The lowest BCUT2D eigenvalue weighted by molar-refractivity contribution is 0.0919. The lowest BCUT2D eigenvalue weighted by atomic mass is 10.1. The summed E-state index contributed by atoms with van der Waals surface area (Å²) in [6, 6.07) is 7.37. The summed E-state index contributed by atoms with van der Waals surface area (Å²) in [6.45, 7) is 7.70. The fraction of sp³-hybridized carbons (Fsp3) is 0.333. The number of hydrogen-bond acceptors (Lipinski definition) is 2. The van der Waals surface area contributed by atoms with E-state index in [2.05, 4.69) is 10.4 Å². The molecule has 0 bridgehead atoms. The first-order chi connectivity index (χ1) is 9.28. The van der Waals surface area contributed by atoms with Crippen molar-refractivity contribution in [3.05, 3.63) is 46.7 Å². The van der Waals surface area contributed by atoms with Gasteiger partial charge in [-0.2, -0.15) is 5.10 Å². The van der Waals surface area contributed by atoms with Crippen LogP contribution in [0.1, 0.15) is 36.8 Å². The van der Waals surface area contributed by atoms with Crippen molar-refractivity contribution in [1.29, 1.82) is 0 Å². The van der Waals surface area contributed by atoms with Crippen LogP contribution in [0.5, 0.6) is 0 Å². The average molecular weight is 292 g/mol. The Morgan fingerprint density at radius 3 is 2.65 bits per heavy atom. The summed E-state index contributed by atoms with van der Waals surface area (Å²) in [5, 5.41) is 7.85. The number of hydrogen-bond donors (Lipinski definition) is 1. The van der Waals surface area contributed by atoms with Crippen LogP contribution in [0.2, 0.25) is 5.02 Å². The van der Waals surface area contributed by atoms with Gasteiger partial charge in [-0.3, -0.25) is 4.79 Å². The normalized spacial score (nSPS) is 11.4. The first-order valence-corrected chi connectivity index (χ1v) is 6.79. The topological polar surface area (TPSA) is 46.9 Å². The molecule has 20 heavy (non-hydrogen) atoms. The summed E-state index contributed by atoms with van der Waals surface area (Å²) in [6.07, 6.45) is 1.58. The van der Waals surface area contributed by atoms with Crippen LogP contribution in [0.3, 0.4) is 0 Å². The molecule has 0 aliphatic heterocycles. The van der Waals surface area contributed by atoms with Crippen molar-refractivity contribution in [2.75, 3.05) is 0 Å². The molecule has 0 unspecified atom stereocenters. The summed E-state index contributed by atoms with van der Waals surface area (Å²) in [7, 11) is 0. The maximum atomic E-state index is 12.2. The van der Waals surface area contributed by atoms with Gasteiger partial charge < -0.3 is 5.32 Å². The van der Waals surface area contributed by atoms with Crippen molar-refractivity contribution >= 4 is 17.5 Å². The van der Waals surface area contributed by atoms with Crippen LogP contribution < -0.4 is 5.32 Å². The number of halogens is 1. The van der Waals surface area contributed by atoms with Crippen molar-refractivity contribution in [1.82, 2.24) is 15.1 Å². The van der Waals surface area contributed by atoms with Crippen molar-refractivity contribution in [3.63, 3.8) is 0 Å². The highest BCUT2D eigenvalue weighted by Gasteiger charge is 2.19. The molecule has 0 spiro atoms. The molecule has 106 valence electrons. The largest absolute Gasteiger partial charge is 0.347 e. The van der Waals surface area contributed by atoms with Crippen LogP contribution in [0.15, 0.2) is 30.5 Å². The van der Waals surface area contributed by atoms with Gasteiger partial charge in [0.2, 0.25) is 0 Å². The third-order valence-corrected chi connectivity index (χ3v) is 3.03. The Hall–Kier alpha value is -1.81. The molecule has 2 aromatic rings. The van der Waals surface area contributed by atoms with Gasteiger partial charge in [0.25, 0.3) is 5.91 Å². The molecule has 1 heterocycles. The van der Waals surface area contributed by atoms with Gasteiger partial charge in [-0.1, -0.05) is 17.7 Å². The molecule has 1 N–H and O–H groups in total. The summed E-state index contributed by atoms with van der Waals surface area (Å²) < 4.78 is 1.71. The zero-order valence-corrected chi connectivity index (χ0v) is 12.8. The van der Waals surface area contributed by atoms with Gasteiger partial charge in [0.1, 0.15) is 0 Å². The van der Waals surface area contributed by atoms with Gasteiger partial charge in [-0.05, 0) is 45.9 Å². The van der Waals surface area contributed by atoms with Gasteiger partial charge in [-0.25, -0.2) is 4.68 Å². The molecule has 0 saturated carbocycles. The molecule has 2 rings (SSSR count). The lowest BCUT2D eigenvalue weighted by Crippen LogP contribution is -2.40. The second-order valence-corrected chi connectivity index (χ2v) is 6.18. The first-order valence-electron chi connectivity index (χ1n) is 6.41. The Morgan fingerprint density at radius 2 is 2.05 bits per heavy atom. The van der Waals surface area contributed by atoms with Gasteiger partial charge in [-0.15, -0.1) is 0 Å². The minimum absolute atomic E-state index is 0.122. The van der Waals surface area contributed by atoms with E-state index in [0.29, 0.717) is 10.6 Å². The fourth-order valence-electron chi connectivity index (χ4n) is 1.91. The minimum Gasteiger partial charge on any atom is -0.347 e. The minimum atomic E-state index is -0.276. The Kier molecular flexibility index (Phi) is 3.86. The maximum absolute atomic E-state index is 12.2. The van der Waals surface area contributed by atoms with E-state index in [1.807, 2.05) is 45.9 Å². The first kappa shape index (κ1) is 14.6. The predicted molar refractivity (Wildman–Crippen MR) is 80.5 cm³/mol. The van der Waals surface area contributed by atoms with Crippen LogP contribution in [0, 0.1) is 6.92 Å².